The average molecular weight is 171 g/mol. The lowest BCUT2D eigenvalue weighted by Gasteiger charge is -2.03. The molecule has 0 atom stereocenters. The maximum atomic E-state index is 10.8. The molecule has 0 aromatic heterocycles. The van der Waals surface area contributed by atoms with Gasteiger partial charge in [-0.1, -0.05) is 5.57 Å². The van der Waals surface area contributed by atoms with Crippen molar-refractivity contribution < 1.29 is 9.53 Å². The summed E-state index contributed by atoms with van der Waals surface area (Å²) in [5, 5.41) is 2.97. The molecule has 0 aliphatic carbocycles. The van der Waals surface area contributed by atoms with Crippen LogP contribution in [0.2, 0.25) is 0 Å². The molecule has 0 radical (unpaired) electrons. The molecule has 3 heteroatoms. The first-order chi connectivity index (χ1) is 5.66. The lowest BCUT2D eigenvalue weighted by atomic mass is 10.2. The Morgan fingerprint density at radius 2 is 2.25 bits per heavy atom. The first-order valence-corrected chi connectivity index (χ1v) is 4.17. The summed E-state index contributed by atoms with van der Waals surface area (Å²) >= 11 is 0. The molecule has 0 unspecified atom stereocenters. The summed E-state index contributed by atoms with van der Waals surface area (Å²) in [6, 6.07) is 0. The Balaban J connectivity index is 3.19. The largest absolute Gasteiger partial charge is 0.465 e. The lowest BCUT2D eigenvalue weighted by molar-refractivity contribution is -0.141. The monoisotopic (exact) mass is 171 g/mol. The number of rotatable bonds is 6. The van der Waals surface area contributed by atoms with Crippen LogP contribution in [0.1, 0.15) is 20.3 Å². The molecule has 0 fully saturated rings. The van der Waals surface area contributed by atoms with E-state index in [2.05, 4.69) is 11.9 Å². The number of nitrogens with one attached hydrogen (secondary N) is 1. The SMILES string of the molecule is C=C(C)CCNCC(=O)OCC. The summed E-state index contributed by atoms with van der Waals surface area (Å²) in [5.74, 6) is -0.195. The molecule has 0 heterocycles. The molecular weight excluding hydrogens is 154 g/mol. The molecule has 0 saturated carbocycles. The minimum absolute atomic E-state index is 0.195. The van der Waals surface area contributed by atoms with Gasteiger partial charge in [-0.3, -0.25) is 4.79 Å². The van der Waals surface area contributed by atoms with Crippen molar-refractivity contribution in [3.05, 3.63) is 12.2 Å². The Labute approximate surface area is 73.8 Å². The van der Waals surface area contributed by atoms with E-state index in [-0.39, 0.29) is 5.97 Å². The van der Waals surface area contributed by atoms with E-state index in [1.54, 1.807) is 6.92 Å². The van der Waals surface area contributed by atoms with Crippen LogP contribution in [0.3, 0.4) is 0 Å². The van der Waals surface area contributed by atoms with Crippen LogP contribution >= 0.6 is 0 Å². The maximum Gasteiger partial charge on any atom is 0.319 e. The summed E-state index contributed by atoms with van der Waals surface area (Å²) in [4.78, 5) is 10.8. The van der Waals surface area contributed by atoms with Gasteiger partial charge in [-0.05, 0) is 26.8 Å². The van der Waals surface area contributed by atoms with E-state index >= 15 is 0 Å². The molecule has 12 heavy (non-hydrogen) atoms. The summed E-state index contributed by atoms with van der Waals surface area (Å²) in [6.07, 6.45) is 0.902. The molecular formula is C9H17NO2. The standard InChI is InChI=1S/C9H17NO2/c1-4-12-9(11)7-10-6-5-8(2)3/h10H,2,4-7H2,1,3H3. The zero-order valence-corrected chi connectivity index (χ0v) is 7.85. The Morgan fingerprint density at radius 3 is 2.75 bits per heavy atom. The van der Waals surface area contributed by atoms with Crippen molar-refractivity contribution in [3.8, 4) is 0 Å². The molecule has 0 saturated heterocycles. The van der Waals surface area contributed by atoms with Crippen molar-refractivity contribution in [1.82, 2.24) is 5.32 Å². The predicted molar refractivity (Wildman–Crippen MR) is 48.9 cm³/mol. The van der Waals surface area contributed by atoms with Crippen molar-refractivity contribution in [3.63, 3.8) is 0 Å². The van der Waals surface area contributed by atoms with E-state index in [1.165, 1.54) is 0 Å². The third-order valence-electron chi connectivity index (χ3n) is 1.30. The summed E-state index contributed by atoms with van der Waals surface area (Å²) in [7, 11) is 0. The molecule has 0 bridgehead atoms. The van der Waals surface area contributed by atoms with Gasteiger partial charge >= 0.3 is 5.97 Å². The third-order valence-corrected chi connectivity index (χ3v) is 1.30. The van der Waals surface area contributed by atoms with Crippen LogP contribution in [0.25, 0.3) is 0 Å². The fourth-order valence-corrected chi connectivity index (χ4v) is 0.704. The summed E-state index contributed by atoms with van der Waals surface area (Å²) in [5.41, 5.74) is 1.12. The summed E-state index contributed by atoms with van der Waals surface area (Å²) in [6.45, 7) is 9.04. The summed E-state index contributed by atoms with van der Waals surface area (Å²) < 4.78 is 4.73. The molecule has 0 aliphatic rings. The second-order valence-electron chi connectivity index (χ2n) is 2.69. The Kier molecular flexibility index (Phi) is 6.38. The molecule has 0 spiro atoms. The van der Waals surface area contributed by atoms with Gasteiger partial charge in [0.05, 0.1) is 13.2 Å². The van der Waals surface area contributed by atoms with Gasteiger partial charge in [0.2, 0.25) is 0 Å². The normalized spacial score (nSPS) is 9.50. The second kappa shape index (κ2) is 6.85. The van der Waals surface area contributed by atoms with E-state index in [1.807, 2.05) is 6.92 Å². The molecule has 0 rings (SSSR count). The fourth-order valence-electron chi connectivity index (χ4n) is 0.704. The van der Waals surface area contributed by atoms with E-state index in [4.69, 9.17) is 4.74 Å². The molecule has 0 aromatic carbocycles. The third kappa shape index (κ3) is 7.28. The van der Waals surface area contributed by atoms with E-state index < -0.39 is 0 Å². The topological polar surface area (TPSA) is 38.3 Å². The number of hydrogen-bond acceptors (Lipinski definition) is 3. The van der Waals surface area contributed by atoms with Crippen molar-refractivity contribution in [2.24, 2.45) is 0 Å². The highest BCUT2D eigenvalue weighted by Gasteiger charge is 1.98. The van der Waals surface area contributed by atoms with Gasteiger partial charge in [0.25, 0.3) is 0 Å². The number of ether oxygens (including phenoxy) is 1. The molecule has 0 aliphatic heterocycles. The van der Waals surface area contributed by atoms with Crippen molar-refractivity contribution in [1.29, 1.82) is 0 Å². The van der Waals surface area contributed by atoms with E-state index in [0.717, 1.165) is 18.5 Å². The van der Waals surface area contributed by atoms with Crippen LogP contribution in [0, 0.1) is 0 Å². The van der Waals surface area contributed by atoms with Gasteiger partial charge in [0, 0.05) is 0 Å². The highest BCUT2D eigenvalue weighted by Crippen LogP contribution is 1.91. The number of carbonyl (C=O) groups excluding carboxylic acids is 1. The highest BCUT2D eigenvalue weighted by molar-refractivity contribution is 5.71. The Hall–Kier alpha value is -0.830. The predicted octanol–water partition coefficient (Wildman–Crippen LogP) is 1.11. The zero-order valence-electron chi connectivity index (χ0n) is 7.85. The van der Waals surface area contributed by atoms with Gasteiger partial charge in [0.15, 0.2) is 0 Å². The van der Waals surface area contributed by atoms with Crippen molar-refractivity contribution in [2.45, 2.75) is 20.3 Å². The van der Waals surface area contributed by atoms with Gasteiger partial charge < -0.3 is 10.1 Å². The minimum Gasteiger partial charge on any atom is -0.465 e. The van der Waals surface area contributed by atoms with E-state index in [0.29, 0.717) is 13.2 Å². The zero-order chi connectivity index (χ0) is 9.40. The van der Waals surface area contributed by atoms with Crippen LogP contribution in [0.15, 0.2) is 12.2 Å². The van der Waals surface area contributed by atoms with Gasteiger partial charge in [-0.2, -0.15) is 0 Å². The molecule has 70 valence electrons. The van der Waals surface area contributed by atoms with Crippen LogP contribution in [0.5, 0.6) is 0 Å². The number of esters is 1. The van der Waals surface area contributed by atoms with Crippen LogP contribution < -0.4 is 5.32 Å². The van der Waals surface area contributed by atoms with E-state index in [9.17, 15) is 4.79 Å². The van der Waals surface area contributed by atoms with Crippen molar-refractivity contribution in [2.75, 3.05) is 19.7 Å². The fraction of sp³-hybridized carbons (Fsp3) is 0.667. The quantitative estimate of drug-likeness (QED) is 0.369. The van der Waals surface area contributed by atoms with Gasteiger partial charge in [0.1, 0.15) is 0 Å². The molecule has 0 amide bonds. The second-order valence-corrected chi connectivity index (χ2v) is 2.69. The van der Waals surface area contributed by atoms with Gasteiger partial charge in [-0.15, -0.1) is 6.58 Å². The minimum atomic E-state index is -0.195. The van der Waals surface area contributed by atoms with Crippen LogP contribution in [0.4, 0.5) is 0 Å². The molecule has 1 N–H and O–H groups in total. The molecule has 0 aromatic rings. The number of hydrogen-bond donors (Lipinski definition) is 1. The maximum absolute atomic E-state index is 10.8. The van der Waals surface area contributed by atoms with Crippen molar-refractivity contribution >= 4 is 5.97 Å². The highest BCUT2D eigenvalue weighted by atomic mass is 16.5. The lowest BCUT2D eigenvalue weighted by Crippen LogP contribution is -2.25. The Bertz CT molecular complexity index is 155. The Morgan fingerprint density at radius 1 is 1.58 bits per heavy atom. The van der Waals surface area contributed by atoms with Crippen LogP contribution in [-0.2, 0) is 9.53 Å². The first kappa shape index (κ1) is 11.2. The smallest absolute Gasteiger partial charge is 0.319 e. The van der Waals surface area contributed by atoms with Gasteiger partial charge in [-0.25, -0.2) is 0 Å². The average Bonchev–Trinajstić information content (AvgIpc) is 1.98. The first-order valence-electron chi connectivity index (χ1n) is 4.17. The molecule has 3 nitrogen and oxygen atoms in total. The van der Waals surface area contributed by atoms with Crippen LogP contribution in [-0.4, -0.2) is 25.7 Å². The number of carbonyl (C=O) groups is 1.